The summed E-state index contributed by atoms with van der Waals surface area (Å²) in [6.45, 7) is 0.975. The molecule has 0 radical (unpaired) electrons. The van der Waals surface area contributed by atoms with Gasteiger partial charge in [-0.2, -0.15) is 5.10 Å². The molecule has 7 nitrogen and oxygen atoms in total. The number of nitrogens with one attached hydrogen (secondary N) is 1. The number of nitrogens with zero attached hydrogens (tertiary/aromatic N) is 4. The lowest BCUT2D eigenvalue weighted by Crippen LogP contribution is -2.12. The SMILES string of the molecule is O=C(Nc1cccc(OCc2ccccn2)c1)c1ccc(Cn2cncn2)cc1. The van der Waals surface area contributed by atoms with E-state index in [4.69, 9.17) is 4.74 Å². The number of hydrogen-bond acceptors (Lipinski definition) is 5. The zero-order valence-electron chi connectivity index (χ0n) is 15.6. The fourth-order valence-electron chi connectivity index (χ4n) is 2.77. The van der Waals surface area contributed by atoms with E-state index in [2.05, 4.69) is 20.4 Å². The molecule has 2 heterocycles. The molecule has 0 saturated heterocycles. The van der Waals surface area contributed by atoms with Gasteiger partial charge in [-0.1, -0.05) is 24.3 Å². The van der Waals surface area contributed by atoms with Gasteiger partial charge in [-0.05, 0) is 42.0 Å². The van der Waals surface area contributed by atoms with Crippen LogP contribution in [0, 0.1) is 0 Å². The Morgan fingerprint density at radius 2 is 1.93 bits per heavy atom. The second kappa shape index (κ2) is 8.79. The topological polar surface area (TPSA) is 81.9 Å². The Labute approximate surface area is 168 Å². The third kappa shape index (κ3) is 5.04. The van der Waals surface area contributed by atoms with Crippen LogP contribution in [0.2, 0.25) is 0 Å². The first-order valence-corrected chi connectivity index (χ1v) is 9.12. The summed E-state index contributed by atoms with van der Waals surface area (Å²) in [6, 6.07) is 20.4. The summed E-state index contributed by atoms with van der Waals surface area (Å²) in [7, 11) is 0. The number of anilines is 1. The molecule has 0 unspecified atom stereocenters. The van der Waals surface area contributed by atoms with Crippen molar-refractivity contribution in [3.05, 3.63) is 102 Å². The largest absolute Gasteiger partial charge is 0.487 e. The van der Waals surface area contributed by atoms with E-state index in [9.17, 15) is 4.79 Å². The van der Waals surface area contributed by atoms with Crippen molar-refractivity contribution in [1.82, 2.24) is 19.7 Å². The minimum atomic E-state index is -0.181. The summed E-state index contributed by atoms with van der Waals surface area (Å²) in [4.78, 5) is 20.7. The first-order valence-electron chi connectivity index (χ1n) is 9.12. The fraction of sp³-hybridized carbons (Fsp3) is 0.0909. The van der Waals surface area contributed by atoms with Crippen LogP contribution in [0.15, 0.2) is 85.6 Å². The van der Waals surface area contributed by atoms with Gasteiger partial charge in [0.1, 0.15) is 25.0 Å². The van der Waals surface area contributed by atoms with Gasteiger partial charge in [-0.3, -0.25) is 9.78 Å². The molecule has 0 aliphatic rings. The van der Waals surface area contributed by atoms with Gasteiger partial charge in [0.05, 0.1) is 12.2 Å². The lowest BCUT2D eigenvalue weighted by Gasteiger charge is -2.09. The number of carbonyl (C=O) groups is 1. The molecule has 0 aliphatic carbocycles. The normalized spacial score (nSPS) is 10.5. The van der Waals surface area contributed by atoms with Crippen LogP contribution in [0.1, 0.15) is 21.6 Å². The Hall–Kier alpha value is -4.00. The Morgan fingerprint density at radius 3 is 2.69 bits per heavy atom. The molecule has 0 aliphatic heterocycles. The molecule has 29 heavy (non-hydrogen) atoms. The first kappa shape index (κ1) is 18.4. The van der Waals surface area contributed by atoms with Crippen LogP contribution in [0.5, 0.6) is 5.75 Å². The van der Waals surface area contributed by atoms with Crippen LogP contribution in [-0.2, 0) is 13.2 Å². The second-order valence-electron chi connectivity index (χ2n) is 6.38. The maximum Gasteiger partial charge on any atom is 0.255 e. The Balaban J connectivity index is 1.36. The van der Waals surface area contributed by atoms with Crippen LogP contribution >= 0.6 is 0 Å². The number of aromatic nitrogens is 4. The number of rotatable bonds is 7. The molecule has 1 N–H and O–H groups in total. The minimum Gasteiger partial charge on any atom is -0.487 e. The van der Waals surface area contributed by atoms with Crippen molar-refractivity contribution >= 4 is 11.6 Å². The Bertz CT molecular complexity index is 1060. The van der Waals surface area contributed by atoms with Gasteiger partial charge in [0.25, 0.3) is 5.91 Å². The highest BCUT2D eigenvalue weighted by atomic mass is 16.5. The summed E-state index contributed by atoms with van der Waals surface area (Å²) in [5, 5.41) is 6.98. The van der Waals surface area contributed by atoms with Gasteiger partial charge in [0.15, 0.2) is 0 Å². The zero-order chi connectivity index (χ0) is 19.9. The van der Waals surface area contributed by atoms with Crippen molar-refractivity contribution in [2.75, 3.05) is 5.32 Å². The van der Waals surface area contributed by atoms with E-state index < -0.39 is 0 Å². The molecule has 0 atom stereocenters. The molecule has 4 aromatic rings. The maximum absolute atomic E-state index is 12.5. The molecule has 0 bridgehead atoms. The lowest BCUT2D eigenvalue weighted by molar-refractivity contribution is 0.102. The van der Waals surface area contributed by atoms with Gasteiger partial charge in [-0.15, -0.1) is 0 Å². The lowest BCUT2D eigenvalue weighted by atomic mass is 10.1. The highest BCUT2D eigenvalue weighted by Crippen LogP contribution is 2.19. The van der Waals surface area contributed by atoms with E-state index in [1.807, 2.05) is 48.5 Å². The van der Waals surface area contributed by atoms with E-state index in [0.717, 1.165) is 11.3 Å². The van der Waals surface area contributed by atoms with Crippen molar-refractivity contribution in [1.29, 1.82) is 0 Å². The molecule has 0 saturated carbocycles. The van der Waals surface area contributed by atoms with E-state index in [0.29, 0.717) is 30.2 Å². The number of hydrogen-bond donors (Lipinski definition) is 1. The smallest absolute Gasteiger partial charge is 0.255 e. The van der Waals surface area contributed by atoms with E-state index in [-0.39, 0.29) is 5.91 Å². The Kier molecular flexibility index (Phi) is 5.57. The number of ether oxygens (including phenoxy) is 1. The molecular formula is C22H19N5O2. The monoisotopic (exact) mass is 385 g/mol. The number of benzene rings is 2. The van der Waals surface area contributed by atoms with Crippen molar-refractivity contribution in [2.24, 2.45) is 0 Å². The number of pyridine rings is 1. The van der Waals surface area contributed by atoms with Gasteiger partial charge in [0.2, 0.25) is 0 Å². The third-order valence-electron chi connectivity index (χ3n) is 4.23. The van der Waals surface area contributed by atoms with Crippen molar-refractivity contribution in [2.45, 2.75) is 13.2 Å². The summed E-state index contributed by atoms with van der Waals surface area (Å²) in [5.74, 6) is 0.482. The predicted octanol–water partition coefficient (Wildman–Crippen LogP) is 3.55. The maximum atomic E-state index is 12.5. The molecule has 7 heteroatoms. The first-order chi connectivity index (χ1) is 14.3. The van der Waals surface area contributed by atoms with Crippen LogP contribution < -0.4 is 10.1 Å². The highest BCUT2D eigenvalue weighted by Gasteiger charge is 2.07. The quantitative estimate of drug-likeness (QED) is 0.526. The van der Waals surface area contributed by atoms with E-state index in [1.54, 1.807) is 35.4 Å². The van der Waals surface area contributed by atoms with Crippen LogP contribution in [0.4, 0.5) is 5.69 Å². The molecule has 0 spiro atoms. The van der Waals surface area contributed by atoms with Crippen molar-refractivity contribution in [3.63, 3.8) is 0 Å². The Morgan fingerprint density at radius 1 is 1.03 bits per heavy atom. The fourth-order valence-corrected chi connectivity index (χ4v) is 2.77. The summed E-state index contributed by atoms with van der Waals surface area (Å²) < 4.78 is 7.49. The molecular weight excluding hydrogens is 366 g/mol. The van der Waals surface area contributed by atoms with Crippen LogP contribution in [-0.4, -0.2) is 25.7 Å². The molecule has 144 valence electrons. The van der Waals surface area contributed by atoms with Crippen molar-refractivity contribution < 1.29 is 9.53 Å². The van der Waals surface area contributed by atoms with Crippen LogP contribution in [0.25, 0.3) is 0 Å². The molecule has 2 aromatic carbocycles. The molecule has 0 fully saturated rings. The molecule has 4 rings (SSSR count). The van der Waals surface area contributed by atoms with Gasteiger partial charge < -0.3 is 10.1 Å². The highest BCUT2D eigenvalue weighted by molar-refractivity contribution is 6.04. The van der Waals surface area contributed by atoms with E-state index in [1.165, 1.54) is 6.33 Å². The summed E-state index contributed by atoms with van der Waals surface area (Å²) >= 11 is 0. The van der Waals surface area contributed by atoms with Crippen molar-refractivity contribution in [3.8, 4) is 5.75 Å². The number of carbonyl (C=O) groups excluding carboxylic acids is 1. The third-order valence-corrected chi connectivity index (χ3v) is 4.23. The van der Waals surface area contributed by atoms with E-state index >= 15 is 0 Å². The summed E-state index contributed by atoms with van der Waals surface area (Å²) in [5.41, 5.74) is 3.12. The van der Waals surface area contributed by atoms with Gasteiger partial charge in [-0.25, -0.2) is 9.67 Å². The second-order valence-corrected chi connectivity index (χ2v) is 6.38. The molecule has 1 amide bonds. The molecule has 2 aromatic heterocycles. The average molecular weight is 385 g/mol. The minimum absolute atomic E-state index is 0.181. The van der Waals surface area contributed by atoms with Crippen LogP contribution in [0.3, 0.4) is 0 Å². The standard InChI is InChI=1S/C22H19N5O2/c28-22(18-9-7-17(8-10-18)13-27-16-23-15-25-27)26-19-5-3-6-21(12-19)29-14-20-4-1-2-11-24-20/h1-12,15-16H,13-14H2,(H,26,28). The van der Waals surface area contributed by atoms with Gasteiger partial charge in [0, 0.05) is 23.5 Å². The van der Waals surface area contributed by atoms with Gasteiger partial charge >= 0.3 is 0 Å². The summed E-state index contributed by atoms with van der Waals surface area (Å²) in [6.07, 6.45) is 4.88. The average Bonchev–Trinajstić information content (AvgIpc) is 3.27. The zero-order valence-corrected chi connectivity index (χ0v) is 15.6. The number of amides is 1. The predicted molar refractivity (Wildman–Crippen MR) is 109 cm³/mol.